The average molecular weight is 297 g/mol. The molecule has 1 saturated carbocycles. The molecule has 94 valence electrons. The smallest absolute Gasteiger partial charge is 0.0413 e. The second-order valence-corrected chi connectivity index (χ2v) is 7.16. The Bertz CT molecular complexity index is 374. The third-order valence-corrected chi connectivity index (χ3v) is 3.76. The number of aromatic nitrogens is 1. The third kappa shape index (κ3) is 4.07. The van der Waals surface area contributed by atoms with Crippen LogP contribution in [-0.2, 0) is 6.42 Å². The Labute approximate surface area is 112 Å². The van der Waals surface area contributed by atoms with E-state index >= 15 is 0 Å². The standard InChI is InChI=1S/C14H21BrN2/c1-13(2,3)17-10-14(6-7-14)8-12-5-4-11(15)9-16-12/h4-5,9,17H,6-8,10H2,1-3H3. The Morgan fingerprint density at radius 1 is 1.35 bits per heavy atom. The van der Waals surface area contributed by atoms with Gasteiger partial charge < -0.3 is 5.32 Å². The van der Waals surface area contributed by atoms with Gasteiger partial charge in [-0.2, -0.15) is 0 Å². The number of rotatable bonds is 4. The van der Waals surface area contributed by atoms with Gasteiger partial charge in [0.2, 0.25) is 0 Å². The number of nitrogens with one attached hydrogen (secondary N) is 1. The van der Waals surface area contributed by atoms with E-state index in [4.69, 9.17) is 0 Å². The first kappa shape index (κ1) is 13.0. The maximum absolute atomic E-state index is 4.47. The Balaban J connectivity index is 1.92. The molecule has 17 heavy (non-hydrogen) atoms. The molecule has 0 radical (unpaired) electrons. The van der Waals surface area contributed by atoms with Crippen LogP contribution in [0.4, 0.5) is 0 Å². The van der Waals surface area contributed by atoms with E-state index in [1.165, 1.54) is 18.5 Å². The predicted molar refractivity (Wildman–Crippen MR) is 75.1 cm³/mol. The lowest BCUT2D eigenvalue weighted by Crippen LogP contribution is -2.40. The molecule has 2 rings (SSSR count). The summed E-state index contributed by atoms with van der Waals surface area (Å²) in [7, 11) is 0. The van der Waals surface area contributed by atoms with Crippen molar-refractivity contribution in [2.45, 2.75) is 45.6 Å². The highest BCUT2D eigenvalue weighted by molar-refractivity contribution is 9.10. The maximum atomic E-state index is 4.47. The zero-order valence-electron chi connectivity index (χ0n) is 10.9. The highest BCUT2D eigenvalue weighted by Gasteiger charge is 2.43. The van der Waals surface area contributed by atoms with Crippen LogP contribution < -0.4 is 5.32 Å². The van der Waals surface area contributed by atoms with Crippen LogP contribution in [0.1, 0.15) is 39.3 Å². The summed E-state index contributed by atoms with van der Waals surface area (Å²) < 4.78 is 1.05. The normalized spacial score (nSPS) is 18.1. The van der Waals surface area contributed by atoms with Gasteiger partial charge in [0.15, 0.2) is 0 Å². The van der Waals surface area contributed by atoms with E-state index in [0.717, 1.165) is 17.4 Å². The fourth-order valence-corrected chi connectivity index (χ4v) is 2.18. The Morgan fingerprint density at radius 2 is 2.06 bits per heavy atom. The first-order chi connectivity index (χ1) is 7.89. The van der Waals surface area contributed by atoms with E-state index in [9.17, 15) is 0 Å². The van der Waals surface area contributed by atoms with Gasteiger partial charge in [-0.3, -0.25) is 4.98 Å². The quantitative estimate of drug-likeness (QED) is 0.919. The summed E-state index contributed by atoms with van der Waals surface area (Å²) >= 11 is 3.42. The second-order valence-electron chi connectivity index (χ2n) is 6.25. The van der Waals surface area contributed by atoms with Crippen molar-refractivity contribution in [1.82, 2.24) is 10.3 Å². The SMILES string of the molecule is CC(C)(C)NCC1(Cc2ccc(Br)cn2)CC1. The maximum Gasteiger partial charge on any atom is 0.0413 e. The van der Waals surface area contributed by atoms with Gasteiger partial charge in [0.1, 0.15) is 0 Å². The van der Waals surface area contributed by atoms with Crippen LogP contribution in [0, 0.1) is 5.41 Å². The van der Waals surface area contributed by atoms with E-state index in [2.05, 4.69) is 59.1 Å². The molecular formula is C14H21BrN2. The summed E-state index contributed by atoms with van der Waals surface area (Å²) in [4.78, 5) is 4.47. The molecule has 1 fully saturated rings. The van der Waals surface area contributed by atoms with Crippen molar-refractivity contribution in [3.63, 3.8) is 0 Å². The molecule has 1 aromatic rings. The third-order valence-electron chi connectivity index (χ3n) is 3.30. The summed E-state index contributed by atoms with van der Waals surface area (Å²) in [6, 6.07) is 4.21. The van der Waals surface area contributed by atoms with Crippen LogP contribution in [0.2, 0.25) is 0 Å². The molecule has 0 spiro atoms. The first-order valence-corrected chi connectivity index (χ1v) is 7.03. The van der Waals surface area contributed by atoms with Crippen LogP contribution in [0.3, 0.4) is 0 Å². The number of halogens is 1. The highest BCUT2D eigenvalue weighted by Crippen LogP contribution is 2.47. The van der Waals surface area contributed by atoms with Crippen molar-refractivity contribution in [2.24, 2.45) is 5.41 Å². The van der Waals surface area contributed by atoms with E-state index in [1.54, 1.807) is 0 Å². The minimum Gasteiger partial charge on any atom is -0.312 e. The van der Waals surface area contributed by atoms with E-state index in [0.29, 0.717) is 5.41 Å². The molecule has 1 N–H and O–H groups in total. The van der Waals surface area contributed by atoms with Crippen molar-refractivity contribution in [2.75, 3.05) is 6.54 Å². The van der Waals surface area contributed by atoms with Crippen molar-refractivity contribution in [3.05, 3.63) is 28.5 Å². The van der Waals surface area contributed by atoms with Crippen molar-refractivity contribution >= 4 is 15.9 Å². The largest absolute Gasteiger partial charge is 0.312 e. The predicted octanol–water partition coefficient (Wildman–Crippen LogP) is 3.55. The van der Waals surface area contributed by atoms with E-state index in [-0.39, 0.29) is 5.54 Å². The fourth-order valence-electron chi connectivity index (χ4n) is 1.94. The summed E-state index contributed by atoms with van der Waals surface area (Å²) in [6.45, 7) is 7.77. The molecular weight excluding hydrogens is 276 g/mol. The zero-order chi connectivity index (χ0) is 12.5. The lowest BCUT2D eigenvalue weighted by atomic mass is 9.98. The van der Waals surface area contributed by atoms with Crippen LogP contribution in [0.5, 0.6) is 0 Å². The molecule has 1 aliphatic carbocycles. The topological polar surface area (TPSA) is 24.9 Å². The van der Waals surface area contributed by atoms with Crippen molar-refractivity contribution < 1.29 is 0 Å². The van der Waals surface area contributed by atoms with Crippen molar-refractivity contribution in [1.29, 1.82) is 0 Å². The highest BCUT2D eigenvalue weighted by atomic mass is 79.9. The molecule has 0 amide bonds. The van der Waals surface area contributed by atoms with Gasteiger partial charge in [0, 0.05) is 28.4 Å². The molecule has 0 aromatic carbocycles. The zero-order valence-corrected chi connectivity index (χ0v) is 12.5. The Hall–Kier alpha value is -0.410. The average Bonchev–Trinajstić information content (AvgIpc) is 2.99. The monoisotopic (exact) mass is 296 g/mol. The van der Waals surface area contributed by atoms with Crippen LogP contribution in [0.25, 0.3) is 0 Å². The van der Waals surface area contributed by atoms with Gasteiger partial charge in [0.05, 0.1) is 0 Å². The van der Waals surface area contributed by atoms with Crippen LogP contribution in [-0.4, -0.2) is 17.1 Å². The number of hydrogen-bond acceptors (Lipinski definition) is 2. The summed E-state index contributed by atoms with van der Waals surface area (Å²) in [5.41, 5.74) is 1.89. The summed E-state index contributed by atoms with van der Waals surface area (Å²) in [5, 5.41) is 3.62. The molecule has 2 nitrogen and oxygen atoms in total. The lowest BCUT2D eigenvalue weighted by Gasteiger charge is -2.25. The molecule has 0 aliphatic heterocycles. The second kappa shape index (κ2) is 4.69. The van der Waals surface area contributed by atoms with Gasteiger partial charge >= 0.3 is 0 Å². The van der Waals surface area contributed by atoms with Gasteiger partial charge in [0.25, 0.3) is 0 Å². The fraction of sp³-hybridized carbons (Fsp3) is 0.643. The van der Waals surface area contributed by atoms with E-state index in [1.807, 2.05) is 6.20 Å². The van der Waals surface area contributed by atoms with Gasteiger partial charge in [-0.15, -0.1) is 0 Å². The summed E-state index contributed by atoms with van der Waals surface area (Å²) in [6.07, 6.45) is 5.65. The van der Waals surface area contributed by atoms with E-state index < -0.39 is 0 Å². The molecule has 0 atom stereocenters. The number of nitrogens with zero attached hydrogens (tertiary/aromatic N) is 1. The molecule has 0 saturated heterocycles. The molecule has 1 aliphatic rings. The minimum atomic E-state index is 0.211. The molecule has 1 heterocycles. The Kier molecular flexibility index (Phi) is 3.60. The molecule has 0 unspecified atom stereocenters. The number of hydrogen-bond donors (Lipinski definition) is 1. The Morgan fingerprint density at radius 3 is 2.53 bits per heavy atom. The molecule has 3 heteroatoms. The first-order valence-electron chi connectivity index (χ1n) is 6.24. The lowest BCUT2D eigenvalue weighted by molar-refractivity contribution is 0.354. The van der Waals surface area contributed by atoms with Crippen LogP contribution in [0.15, 0.2) is 22.8 Å². The number of pyridine rings is 1. The van der Waals surface area contributed by atoms with Crippen LogP contribution >= 0.6 is 15.9 Å². The molecule has 1 aromatic heterocycles. The minimum absolute atomic E-state index is 0.211. The summed E-state index contributed by atoms with van der Waals surface area (Å²) in [5.74, 6) is 0. The molecule has 0 bridgehead atoms. The van der Waals surface area contributed by atoms with Crippen molar-refractivity contribution in [3.8, 4) is 0 Å². The van der Waals surface area contributed by atoms with Gasteiger partial charge in [-0.25, -0.2) is 0 Å². The van der Waals surface area contributed by atoms with Gasteiger partial charge in [-0.05, 0) is 73.5 Å². The van der Waals surface area contributed by atoms with Gasteiger partial charge in [-0.1, -0.05) is 0 Å².